The van der Waals surface area contributed by atoms with Crippen molar-refractivity contribution in [2.24, 2.45) is 35.5 Å². The maximum Gasteiger partial charge on any atom is 0.233 e. The third-order valence-corrected chi connectivity index (χ3v) is 8.02. The smallest absolute Gasteiger partial charge is 0.233 e. The second-order valence-electron chi connectivity index (χ2n) is 9.52. The average molecular weight is 428 g/mol. The van der Waals surface area contributed by atoms with E-state index in [1.165, 1.54) is 4.90 Å². The molecule has 2 amide bonds. The molecule has 6 atom stereocenters. The first-order valence-corrected chi connectivity index (χ1v) is 11.4. The monoisotopic (exact) mass is 427 g/mol. The molecule has 0 spiro atoms. The first-order chi connectivity index (χ1) is 15.6. The second kappa shape index (κ2) is 7.24. The van der Waals surface area contributed by atoms with E-state index in [1.54, 1.807) is 0 Å². The van der Waals surface area contributed by atoms with E-state index in [0.717, 1.165) is 22.3 Å². The first-order valence-electron chi connectivity index (χ1n) is 11.4. The highest BCUT2D eigenvalue weighted by Crippen LogP contribution is 2.59. The van der Waals surface area contributed by atoms with E-state index in [-0.39, 0.29) is 47.8 Å². The van der Waals surface area contributed by atoms with Gasteiger partial charge in [0.1, 0.15) is 0 Å². The summed E-state index contributed by atoms with van der Waals surface area (Å²) < 4.78 is 5.96. The number of imide groups is 1. The summed E-state index contributed by atoms with van der Waals surface area (Å²) in [5, 5.41) is 0. The lowest BCUT2D eigenvalue weighted by atomic mass is 9.57. The van der Waals surface area contributed by atoms with Gasteiger partial charge in [-0.05, 0) is 28.5 Å². The fourth-order valence-corrected chi connectivity index (χ4v) is 6.72. The number of nitrogens with zero attached hydrogens (tertiary/aromatic N) is 1. The van der Waals surface area contributed by atoms with Crippen molar-refractivity contribution in [2.75, 3.05) is 13.2 Å². The number of fused-ring (bicyclic) bond motifs is 2. The summed E-state index contributed by atoms with van der Waals surface area (Å²) in [4.78, 5) is 42.2. The molecule has 2 aliphatic carbocycles. The molecule has 162 valence electrons. The largest absolute Gasteiger partial charge is 0.377 e. The van der Waals surface area contributed by atoms with Crippen LogP contribution in [0.4, 0.5) is 0 Å². The number of rotatable bonds is 3. The van der Waals surface area contributed by atoms with Crippen LogP contribution in [0.2, 0.25) is 0 Å². The molecule has 4 aliphatic rings. The highest BCUT2D eigenvalue weighted by molar-refractivity contribution is 6.26. The van der Waals surface area contributed by atoms with E-state index in [2.05, 4.69) is 0 Å². The predicted molar refractivity (Wildman–Crippen MR) is 118 cm³/mol. The normalized spacial score (nSPS) is 33.5. The molecule has 5 heteroatoms. The van der Waals surface area contributed by atoms with Gasteiger partial charge in [0, 0.05) is 17.4 Å². The summed E-state index contributed by atoms with van der Waals surface area (Å²) in [7, 11) is 0. The molecule has 6 unspecified atom stereocenters. The van der Waals surface area contributed by atoms with Crippen LogP contribution in [0, 0.1) is 35.5 Å². The highest BCUT2D eigenvalue weighted by Gasteiger charge is 2.65. The lowest BCUT2D eigenvalue weighted by Gasteiger charge is -2.46. The minimum Gasteiger partial charge on any atom is -0.377 e. The molecule has 2 saturated heterocycles. The van der Waals surface area contributed by atoms with E-state index < -0.39 is 11.8 Å². The minimum absolute atomic E-state index is 0.0175. The van der Waals surface area contributed by atoms with E-state index in [9.17, 15) is 14.4 Å². The topological polar surface area (TPSA) is 63.7 Å². The zero-order valence-corrected chi connectivity index (χ0v) is 17.9. The Bertz CT molecular complexity index is 1140. The van der Waals surface area contributed by atoms with Gasteiger partial charge in [0.15, 0.2) is 5.78 Å². The number of ether oxygens (including phenoxy) is 1. The van der Waals surface area contributed by atoms with Gasteiger partial charge >= 0.3 is 0 Å². The van der Waals surface area contributed by atoms with Crippen LogP contribution in [-0.4, -0.2) is 35.7 Å². The van der Waals surface area contributed by atoms with Crippen molar-refractivity contribution in [3.05, 3.63) is 77.4 Å². The molecule has 5 nitrogen and oxygen atoms in total. The summed E-state index contributed by atoms with van der Waals surface area (Å²) in [6, 6.07) is 19.3. The van der Waals surface area contributed by atoms with Crippen molar-refractivity contribution >= 4 is 23.2 Å². The maximum atomic E-state index is 13.7. The highest BCUT2D eigenvalue weighted by atomic mass is 16.5. The molecule has 2 aliphatic heterocycles. The Balaban J connectivity index is 1.41. The fourth-order valence-electron chi connectivity index (χ4n) is 6.72. The number of allylic oxidation sites excluding steroid dienone is 1. The van der Waals surface area contributed by atoms with Gasteiger partial charge in [-0.25, -0.2) is 0 Å². The number of benzene rings is 2. The van der Waals surface area contributed by atoms with Crippen molar-refractivity contribution in [1.29, 1.82) is 0 Å². The maximum absolute atomic E-state index is 13.7. The van der Waals surface area contributed by atoms with E-state index in [4.69, 9.17) is 4.74 Å². The van der Waals surface area contributed by atoms with E-state index in [1.807, 2.05) is 67.6 Å². The third kappa shape index (κ3) is 2.64. The van der Waals surface area contributed by atoms with Crippen LogP contribution >= 0.6 is 0 Å². The molecule has 2 aromatic rings. The fraction of sp³-hybridized carbons (Fsp3) is 0.370. The van der Waals surface area contributed by atoms with Crippen LogP contribution in [0.25, 0.3) is 5.57 Å². The van der Waals surface area contributed by atoms with E-state index in [0.29, 0.717) is 13.2 Å². The van der Waals surface area contributed by atoms with Crippen LogP contribution in [0.15, 0.2) is 66.2 Å². The predicted octanol–water partition coefficient (Wildman–Crippen LogP) is 3.35. The SMILES string of the molecule is CC1C2C(=O)N(Cc3ccccc3)C(=O)C2C2COCC3=C(c4ccccc4)C(=O)C1C32. The molecule has 0 radical (unpaired) electrons. The molecule has 2 aromatic carbocycles. The van der Waals surface area contributed by atoms with Crippen molar-refractivity contribution in [2.45, 2.75) is 13.5 Å². The van der Waals surface area contributed by atoms with Crippen molar-refractivity contribution in [3.63, 3.8) is 0 Å². The summed E-state index contributed by atoms with van der Waals surface area (Å²) in [5.41, 5.74) is 3.61. The molecular formula is C27H25NO4. The lowest BCUT2D eigenvalue weighted by Crippen LogP contribution is -2.51. The van der Waals surface area contributed by atoms with Crippen LogP contribution in [-0.2, 0) is 25.7 Å². The van der Waals surface area contributed by atoms with Crippen molar-refractivity contribution < 1.29 is 19.1 Å². The van der Waals surface area contributed by atoms with Gasteiger partial charge in [-0.1, -0.05) is 67.6 Å². The average Bonchev–Trinajstić information content (AvgIpc) is 3.25. The van der Waals surface area contributed by atoms with Gasteiger partial charge < -0.3 is 4.74 Å². The number of carbonyl (C=O) groups is 3. The summed E-state index contributed by atoms with van der Waals surface area (Å²) in [5.74, 6) is -1.60. The lowest BCUT2D eigenvalue weighted by molar-refractivity contribution is -0.141. The van der Waals surface area contributed by atoms with Crippen LogP contribution < -0.4 is 0 Å². The number of amides is 2. The van der Waals surface area contributed by atoms with Crippen molar-refractivity contribution in [1.82, 2.24) is 4.90 Å². The molecule has 0 bridgehead atoms. The van der Waals surface area contributed by atoms with Gasteiger partial charge in [0.2, 0.25) is 11.8 Å². The Kier molecular flexibility index (Phi) is 4.44. The molecule has 1 saturated carbocycles. The van der Waals surface area contributed by atoms with Crippen molar-refractivity contribution in [3.8, 4) is 0 Å². The molecule has 0 N–H and O–H groups in total. The number of likely N-dealkylation sites (tertiary alicyclic amines) is 1. The standard InChI is InChI=1S/C27H25NO4/c1-15-20-23-18(22(25(20)29)17-10-6-3-7-11-17)13-32-14-19(23)24-21(15)26(30)28(27(24)31)12-16-8-4-2-5-9-16/h2-11,15,19-21,23-24H,12-14H2,1H3. The molecule has 3 fully saturated rings. The zero-order chi connectivity index (χ0) is 22.0. The molecule has 0 aromatic heterocycles. The Morgan fingerprint density at radius 2 is 1.50 bits per heavy atom. The number of Topliss-reactive ketones (excluding diaryl/α,β-unsaturated/α-hetero) is 1. The van der Waals surface area contributed by atoms with Gasteiger partial charge in [-0.3, -0.25) is 19.3 Å². The van der Waals surface area contributed by atoms with Crippen LogP contribution in [0.5, 0.6) is 0 Å². The Hall–Kier alpha value is -3.05. The summed E-state index contributed by atoms with van der Waals surface area (Å²) >= 11 is 0. The molecule has 6 rings (SSSR count). The third-order valence-electron chi connectivity index (χ3n) is 8.02. The number of hydrogen-bond acceptors (Lipinski definition) is 4. The number of hydrogen-bond donors (Lipinski definition) is 0. The molecule has 32 heavy (non-hydrogen) atoms. The van der Waals surface area contributed by atoms with Gasteiger partial charge in [0.05, 0.1) is 31.6 Å². The Morgan fingerprint density at radius 1 is 0.844 bits per heavy atom. The first kappa shape index (κ1) is 19.6. The minimum atomic E-state index is -0.459. The number of carbonyl (C=O) groups excluding carboxylic acids is 3. The van der Waals surface area contributed by atoms with Gasteiger partial charge in [-0.15, -0.1) is 0 Å². The van der Waals surface area contributed by atoms with Crippen LogP contribution in [0.3, 0.4) is 0 Å². The zero-order valence-electron chi connectivity index (χ0n) is 17.9. The van der Waals surface area contributed by atoms with E-state index >= 15 is 0 Å². The van der Waals surface area contributed by atoms with Gasteiger partial charge in [0.25, 0.3) is 0 Å². The summed E-state index contributed by atoms with van der Waals surface area (Å²) in [6.45, 7) is 3.13. The molecular weight excluding hydrogens is 402 g/mol. The van der Waals surface area contributed by atoms with Crippen LogP contribution in [0.1, 0.15) is 18.1 Å². The van der Waals surface area contributed by atoms with Gasteiger partial charge in [-0.2, -0.15) is 0 Å². The summed E-state index contributed by atoms with van der Waals surface area (Å²) in [6.07, 6.45) is 0. The second-order valence-corrected chi connectivity index (χ2v) is 9.52. The molecule has 2 heterocycles. The Morgan fingerprint density at radius 3 is 2.22 bits per heavy atom. The number of ketones is 1. The quantitative estimate of drug-likeness (QED) is 0.705. The Labute approximate surface area is 187 Å².